The van der Waals surface area contributed by atoms with Gasteiger partial charge in [0.05, 0.1) is 29.4 Å². The molecule has 0 unspecified atom stereocenters. The van der Waals surface area contributed by atoms with Crippen LogP contribution in [-0.2, 0) is 19.7 Å². The fourth-order valence-electron chi connectivity index (χ4n) is 4.65. The molecule has 0 spiro atoms. The number of carbonyl (C=O) groups is 1. The van der Waals surface area contributed by atoms with E-state index in [-0.39, 0.29) is 23.5 Å². The Morgan fingerprint density at radius 2 is 2.12 bits per heavy atom. The van der Waals surface area contributed by atoms with E-state index in [2.05, 4.69) is 13.8 Å². The first-order chi connectivity index (χ1) is 15.6. The second-order valence-corrected chi connectivity index (χ2v) is 9.43. The number of ether oxygens (including phenoxy) is 2. The fourth-order valence-corrected chi connectivity index (χ4v) is 4.82. The molecule has 0 fully saturated rings. The van der Waals surface area contributed by atoms with E-state index in [4.69, 9.17) is 26.2 Å². The number of benzene rings is 2. The Morgan fingerprint density at radius 3 is 2.79 bits per heavy atom. The fraction of sp³-hybridized carbons (Fsp3) is 0.400. The van der Waals surface area contributed by atoms with Gasteiger partial charge in [0.2, 0.25) is 0 Å². The molecule has 3 aromatic rings. The van der Waals surface area contributed by atoms with Gasteiger partial charge in [0.25, 0.3) is 0 Å². The number of aromatic nitrogens is 1. The summed E-state index contributed by atoms with van der Waals surface area (Å²) in [4.78, 5) is 11.0. The predicted octanol–water partition coefficient (Wildman–Crippen LogP) is 5.75. The van der Waals surface area contributed by atoms with Crippen LogP contribution in [0, 0.1) is 5.82 Å². The lowest BCUT2D eigenvalue weighted by molar-refractivity contribution is -0.145. The molecule has 0 amide bonds. The molecular weight excluding hydrogens is 449 g/mol. The van der Waals surface area contributed by atoms with Gasteiger partial charge in [0.1, 0.15) is 18.2 Å². The Hall–Kier alpha value is -2.61. The average Bonchev–Trinajstić information content (AvgIpc) is 3.13. The van der Waals surface area contributed by atoms with Crippen LogP contribution in [-0.4, -0.2) is 40.1 Å². The molecule has 2 N–H and O–H groups in total. The maximum absolute atomic E-state index is 13.9. The van der Waals surface area contributed by atoms with Crippen LogP contribution in [0.5, 0.6) is 5.75 Å². The lowest BCUT2D eigenvalue weighted by atomic mass is 9.82. The zero-order chi connectivity index (χ0) is 23.9. The highest BCUT2D eigenvalue weighted by Crippen LogP contribution is 2.49. The lowest BCUT2D eigenvalue weighted by Crippen LogP contribution is -2.35. The Kier molecular flexibility index (Phi) is 6.40. The van der Waals surface area contributed by atoms with Gasteiger partial charge in [-0.1, -0.05) is 38.4 Å². The van der Waals surface area contributed by atoms with Gasteiger partial charge in [-0.05, 0) is 36.8 Å². The van der Waals surface area contributed by atoms with Crippen LogP contribution in [0.4, 0.5) is 4.39 Å². The Balaban J connectivity index is 1.93. The number of hydrogen-bond donors (Lipinski definition) is 2. The minimum Gasteiger partial charge on any atom is -0.507 e. The molecule has 33 heavy (non-hydrogen) atoms. The van der Waals surface area contributed by atoms with Crippen LogP contribution in [0.15, 0.2) is 36.4 Å². The number of hydrogen-bond acceptors (Lipinski definition) is 4. The van der Waals surface area contributed by atoms with Gasteiger partial charge in [-0.3, -0.25) is 0 Å². The van der Waals surface area contributed by atoms with Gasteiger partial charge in [0, 0.05) is 34.2 Å². The van der Waals surface area contributed by atoms with Crippen LogP contribution >= 0.6 is 11.6 Å². The van der Waals surface area contributed by atoms with Crippen molar-refractivity contribution in [1.29, 1.82) is 0 Å². The summed E-state index contributed by atoms with van der Waals surface area (Å²) in [5, 5.41) is 20.6. The number of aromatic hydroxyl groups is 1. The first kappa shape index (κ1) is 23.5. The standard InChI is InChI=1S/C25H27ClFNO5/c1-4-15(32-12-21(30)31)11-20-23-22-18(6-5-7-19(22)29)28(24(23)25(2,3)13-33-20)14-8-9-17(27)16(26)10-14/h5-10,15,20,29H,4,11-13H2,1-3H3,(H,30,31)/t15-,20-/m1/s1. The van der Waals surface area contributed by atoms with Crippen LogP contribution < -0.4 is 0 Å². The Morgan fingerprint density at radius 1 is 1.36 bits per heavy atom. The van der Waals surface area contributed by atoms with Gasteiger partial charge in [-0.25, -0.2) is 9.18 Å². The van der Waals surface area contributed by atoms with E-state index in [0.717, 1.165) is 16.8 Å². The third-order valence-electron chi connectivity index (χ3n) is 6.15. The van der Waals surface area contributed by atoms with Crippen molar-refractivity contribution in [3.63, 3.8) is 0 Å². The number of aliphatic carboxylic acids is 1. The summed E-state index contributed by atoms with van der Waals surface area (Å²) in [5.41, 5.74) is 2.77. The van der Waals surface area contributed by atoms with E-state index < -0.39 is 23.3 Å². The van der Waals surface area contributed by atoms with Crippen LogP contribution in [0.25, 0.3) is 16.6 Å². The van der Waals surface area contributed by atoms with E-state index in [1.807, 2.05) is 17.6 Å². The molecule has 0 radical (unpaired) electrons. The highest BCUT2D eigenvalue weighted by Gasteiger charge is 2.41. The first-order valence-electron chi connectivity index (χ1n) is 10.9. The van der Waals surface area contributed by atoms with Crippen LogP contribution in [0.2, 0.25) is 5.02 Å². The summed E-state index contributed by atoms with van der Waals surface area (Å²) >= 11 is 6.12. The highest BCUT2D eigenvalue weighted by molar-refractivity contribution is 6.30. The molecule has 1 aliphatic rings. The molecule has 0 aliphatic carbocycles. The quantitative estimate of drug-likeness (QED) is 0.455. The highest BCUT2D eigenvalue weighted by atomic mass is 35.5. The Labute approximate surface area is 196 Å². The summed E-state index contributed by atoms with van der Waals surface area (Å²) in [6.45, 7) is 6.06. The summed E-state index contributed by atoms with van der Waals surface area (Å²) in [7, 11) is 0. The van der Waals surface area contributed by atoms with Crippen molar-refractivity contribution in [3.8, 4) is 11.4 Å². The molecule has 2 atom stereocenters. The number of carboxylic acid groups (broad SMARTS) is 1. The van der Waals surface area contributed by atoms with E-state index in [1.165, 1.54) is 6.07 Å². The number of carboxylic acids is 1. The summed E-state index contributed by atoms with van der Waals surface area (Å²) in [6.07, 6.45) is 0.304. The second kappa shape index (κ2) is 8.97. The maximum atomic E-state index is 13.9. The van der Waals surface area contributed by atoms with Crippen molar-refractivity contribution in [1.82, 2.24) is 4.57 Å². The van der Waals surface area contributed by atoms with Crippen molar-refractivity contribution in [3.05, 3.63) is 58.5 Å². The molecule has 0 saturated heterocycles. The van der Waals surface area contributed by atoms with Crippen molar-refractivity contribution < 1.29 is 28.9 Å². The first-order valence-corrected chi connectivity index (χ1v) is 11.3. The third-order valence-corrected chi connectivity index (χ3v) is 6.44. The summed E-state index contributed by atoms with van der Waals surface area (Å²) < 4.78 is 27.8. The van der Waals surface area contributed by atoms with E-state index >= 15 is 0 Å². The average molecular weight is 476 g/mol. The third kappa shape index (κ3) is 4.33. The number of nitrogens with zero attached hydrogens (tertiary/aromatic N) is 1. The van der Waals surface area contributed by atoms with Gasteiger partial charge >= 0.3 is 5.97 Å². The van der Waals surface area contributed by atoms with Gasteiger partial charge < -0.3 is 24.3 Å². The number of halogens is 2. The zero-order valence-electron chi connectivity index (χ0n) is 18.8. The Bertz CT molecular complexity index is 1210. The number of fused-ring (bicyclic) bond motifs is 3. The molecule has 0 bridgehead atoms. The molecule has 0 saturated carbocycles. The number of phenols is 1. The lowest BCUT2D eigenvalue weighted by Gasteiger charge is -2.37. The molecular formula is C25H27ClFNO5. The summed E-state index contributed by atoms with van der Waals surface area (Å²) in [5.74, 6) is -1.42. The largest absolute Gasteiger partial charge is 0.507 e. The molecule has 2 heterocycles. The van der Waals surface area contributed by atoms with E-state index in [0.29, 0.717) is 30.5 Å². The predicted molar refractivity (Wildman–Crippen MR) is 124 cm³/mol. The molecule has 2 aromatic carbocycles. The van der Waals surface area contributed by atoms with Gasteiger partial charge in [0.15, 0.2) is 0 Å². The van der Waals surface area contributed by atoms with E-state index in [9.17, 15) is 14.3 Å². The molecule has 1 aromatic heterocycles. The minimum atomic E-state index is -1.03. The van der Waals surface area contributed by atoms with Crippen LogP contribution in [0.1, 0.15) is 51.0 Å². The van der Waals surface area contributed by atoms with Crippen molar-refractivity contribution in [2.45, 2.75) is 51.2 Å². The van der Waals surface area contributed by atoms with Gasteiger partial charge in [-0.2, -0.15) is 0 Å². The summed E-state index contributed by atoms with van der Waals surface area (Å²) in [6, 6.07) is 9.85. The van der Waals surface area contributed by atoms with Crippen molar-refractivity contribution >= 4 is 28.5 Å². The molecule has 176 valence electrons. The van der Waals surface area contributed by atoms with Crippen molar-refractivity contribution in [2.75, 3.05) is 13.2 Å². The SMILES string of the molecule is CC[C@H](C[C@H]1OCC(C)(C)c2c1c1c(O)cccc1n2-c1ccc(F)c(Cl)c1)OCC(=O)O. The smallest absolute Gasteiger partial charge is 0.329 e. The van der Waals surface area contributed by atoms with Crippen molar-refractivity contribution in [2.24, 2.45) is 0 Å². The van der Waals surface area contributed by atoms with Crippen LogP contribution in [0.3, 0.4) is 0 Å². The normalized spacial score (nSPS) is 18.3. The van der Waals surface area contributed by atoms with E-state index in [1.54, 1.807) is 24.3 Å². The monoisotopic (exact) mass is 475 g/mol. The number of phenolic OH excluding ortho intramolecular Hbond substituents is 1. The molecule has 8 heteroatoms. The second-order valence-electron chi connectivity index (χ2n) is 9.02. The number of rotatable bonds is 7. The zero-order valence-corrected chi connectivity index (χ0v) is 19.5. The maximum Gasteiger partial charge on any atom is 0.329 e. The topological polar surface area (TPSA) is 80.9 Å². The van der Waals surface area contributed by atoms with Gasteiger partial charge in [-0.15, -0.1) is 0 Å². The molecule has 4 rings (SSSR count). The molecule has 6 nitrogen and oxygen atoms in total. The molecule has 1 aliphatic heterocycles. The minimum absolute atomic E-state index is 0.0118.